The first-order valence-corrected chi connectivity index (χ1v) is 10.9. The molecule has 0 fully saturated rings. The van der Waals surface area contributed by atoms with Crippen molar-refractivity contribution in [3.8, 4) is 0 Å². The molecule has 0 radical (unpaired) electrons. The molecule has 0 saturated heterocycles. The average Bonchev–Trinajstić information content (AvgIpc) is 2.60. The molecular weight excluding hydrogens is 412 g/mol. The van der Waals surface area contributed by atoms with Crippen molar-refractivity contribution < 1.29 is 32.4 Å². The van der Waals surface area contributed by atoms with Crippen LogP contribution in [0.25, 0.3) is 0 Å². The highest BCUT2D eigenvalue weighted by molar-refractivity contribution is 7.85. The first-order valence-electron chi connectivity index (χ1n) is 9.49. The summed E-state index contributed by atoms with van der Waals surface area (Å²) in [6, 6.07) is 4.79. The molecule has 0 aliphatic carbocycles. The molecule has 1 aromatic carbocycles. The number of hydrogen-bond acceptors (Lipinski definition) is 7. The molecule has 0 aliphatic heterocycles. The number of carbonyl (C=O) groups is 2. The van der Waals surface area contributed by atoms with Crippen LogP contribution in [0.2, 0.25) is 0 Å². The standard InChI is InChI=1S/C8H17NO2.C7H8O3S.C5H11NO2/c1-5(2)7(9)8(10)11-6(3)4;1-6-2-4-7(5-3-6)11(8,9)10;1-3(2)4(6)5(7)8/h5-7H,9H2,1-4H3;2-5H,1H3,(H,8,9,10);3-4H,6H2,1-2H3,(H,7,8)/t7-;;4-/m0.0/s1. The van der Waals surface area contributed by atoms with E-state index in [-0.39, 0.29) is 28.8 Å². The third-order valence-corrected chi connectivity index (χ3v) is 4.53. The summed E-state index contributed by atoms with van der Waals surface area (Å²) in [6.45, 7) is 12.8. The van der Waals surface area contributed by atoms with Gasteiger partial charge in [-0.15, -0.1) is 0 Å². The van der Waals surface area contributed by atoms with Crippen LogP contribution >= 0.6 is 0 Å². The van der Waals surface area contributed by atoms with E-state index in [0.717, 1.165) is 5.56 Å². The van der Waals surface area contributed by atoms with Crippen LogP contribution in [0.3, 0.4) is 0 Å². The highest BCUT2D eigenvalue weighted by Gasteiger charge is 2.19. The molecule has 0 saturated carbocycles. The van der Waals surface area contributed by atoms with E-state index < -0.39 is 28.2 Å². The van der Waals surface area contributed by atoms with Gasteiger partial charge in [0.1, 0.15) is 12.1 Å². The first-order chi connectivity index (χ1) is 13.5. The lowest BCUT2D eigenvalue weighted by molar-refractivity contribution is -0.150. The van der Waals surface area contributed by atoms with Gasteiger partial charge in [-0.1, -0.05) is 45.4 Å². The molecule has 0 unspecified atom stereocenters. The van der Waals surface area contributed by atoms with Gasteiger partial charge in [0.05, 0.1) is 11.0 Å². The minimum Gasteiger partial charge on any atom is -0.480 e. The lowest BCUT2D eigenvalue weighted by Crippen LogP contribution is -2.38. The Morgan fingerprint density at radius 2 is 1.30 bits per heavy atom. The van der Waals surface area contributed by atoms with E-state index in [1.54, 1.807) is 26.0 Å². The van der Waals surface area contributed by atoms with Crippen LogP contribution < -0.4 is 11.5 Å². The summed E-state index contributed by atoms with van der Waals surface area (Å²) in [7, 11) is -4.02. The molecule has 0 bridgehead atoms. The van der Waals surface area contributed by atoms with E-state index in [0.29, 0.717) is 0 Å². The summed E-state index contributed by atoms with van der Waals surface area (Å²) < 4.78 is 34.5. The Morgan fingerprint density at radius 3 is 1.53 bits per heavy atom. The van der Waals surface area contributed by atoms with Crippen LogP contribution in [0.5, 0.6) is 0 Å². The van der Waals surface area contributed by atoms with Gasteiger partial charge in [-0.2, -0.15) is 8.42 Å². The molecule has 1 rings (SSSR count). The minimum absolute atomic E-state index is 0.0208. The molecule has 10 heteroatoms. The third-order valence-electron chi connectivity index (χ3n) is 3.66. The maximum Gasteiger partial charge on any atom is 0.323 e. The molecule has 0 heterocycles. The lowest BCUT2D eigenvalue weighted by atomic mass is 10.1. The van der Waals surface area contributed by atoms with Crippen molar-refractivity contribution in [3.63, 3.8) is 0 Å². The number of aryl methyl sites for hydroxylation is 1. The number of rotatable bonds is 6. The first kappa shape index (κ1) is 30.2. The fraction of sp³-hybridized carbons (Fsp3) is 0.600. The van der Waals surface area contributed by atoms with Crippen LogP contribution in [0.1, 0.15) is 47.1 Å². The predicted molar refractivity (Wildman–Crippen MR) is 115 cm³/mol. The van der Waals surface area contributed by atoms with Gasteiger partial charge in [0.2, 0.25) is 0 Å². The highest BCUT2D eigenvalue weighted by Crippen LogP contribution is 2.08. The number of carboxylic acids is 1. The number of benzene rings is 1. The van der Waals surface area contributed by atoms with Crippen LogP contribution in [-0.4, -0.2) is 48.2 Å². The molecule has 0 aromatic heterocycles. The Bertz CT molecular complexity index is 745. The highest BCUT2D eigenvalue weighted by atomic mass is 32.2. The summed E-state index contributed by atoms with van der Waals surface area (Å²) >= 11 is 0. The Kier molecular flexibility index (Phi) is 14.2. The van der Waals surface area contributed by atoms with Gasteiger partial charge in [0.15, 0.2) is 0 Å². The van der Waals surface area contributed by atoms with Gasteiger partial charge in [-0.3, -0.25) is 14.1 Å². The number of hydrogen-bond donors (Lipinski definition) is 4. The number of ether oxygens (including phenoxy) is 1. The van der Waals surface area contributed by atoms with E-state index in [1.165, 1.54) is 12.1 Å². The van der Waals surface area contributed by atoms with E-state index in [1.807, 2.05) is 34.6 Å². The van der Waals surface area contributed by atoms with E-state index in [2.05, 4.69) is 0 Å². The van der Waals surface area contributed by atoms with Crippen molar-refractivity contribution in [2.24, 2.45) is 23.3 Å². The van der Waals surface area contributed by atoms with Crippen molar-refractivity contribution in [1.82, 2.24) is 0 Å². The van der Waals surface area contributed by atoms with Crippen LogP contribution in [0, 0.1) is 18.8 Å². The molecule has 2 atom stereocenters. The van der Waals surface area contributed by atoms with E-state index >= 15 is 0 Å². The van der Waals surface area contributed by atoms with Crippen molar-refractivity contribution >= 4 is 22.1 Å². The van der Waals surface area contributed by atoms with E-state index in [9.17, 15) is 18.0 Å². The Hall–Kier alpha value is -2.01. The SMILES string of the molecule is CC(C)OC(=O)[C@@H](N)C(C)C.CC(C)[C@H](N)C(=O)O.Cc1ccc(S(=O)(=O)O)cc1. The normalized spacial score (nSPS) is 13.0. The van der Waals surface area contributed by atoms with Gasteiger partial charge in [0, 0.05) is 0 Å². The topological polar surface area (TPSA) is 170 Å². The Morgan fingerprint density at radius 1 is 0.900 bits per heavy atom. The summed E-state index contributed by atoms with van der Waals surface area (Å²) in [5.41, 5.74) is 11.6. The molecular formula is C20H36N2O7S. The zero-order chi connectivity index (χ0) is 24.2. The Labute approximate surface area is 179 Å². The van der Waals surface area contributed by atoms with Crippen molar-refractivity contribution in [2.45, 2.75) is 71.5 Å². The second kappa shape index (κ2) is 14.1. The molecule has 1 aromatic rings. The average molecular weight is 449 g/mol. The van der Waals surface area contributed by atoms with Gasteiger partial charge < -0.3 is 21.3 Å². The summed E-state index contributed by atoms with van der Waals surface area (Å²) in [5, 5.41) is 8.23. The molecule has 6 N–H and O–H groups in total. The maximum atomic E-state index is 11.0. The fourth-order valence-corrected chi connectivity index (χ4v) is 2.06. The molecule has 30 heavy (non-hydrogen) atoms. The predicted octanol–water partition coefficient (Wildman–Crippen LogP) is 2.22. The fourth-order valence-electron chi connectivity index (χ4n) is 1.58. The quantitative estimate of drug-likeness (QED) is 0.376. The van der Waals surface area contributed by atoms with Crippen LogP contribution in [0.4, 0.5) is 0 Å². The second-order valence-electron chi connectivity index (χ2n) is 7.65. The maximum absolute atomic E-state index is 11.0. The number of nitrogens with two attached hydrogens (primary N) is 2. The number of carbonyl (C=O) groups excluding carboxylic acids is 1. The van der Waals surface area contributed by atoms with Gasteiger partial charge in [-0.05, 0) is 44.7 Å². The molecule has 9 nitrogen and oxygen atoms in total. The number of aliphatic carboxylic acids is 1. The number of carboxylic acid groups (broad SMARTS) is 1. The number of esters is 1. The third kappa shape index (κ3) is 14.0. The summed E-state index contributed by atoms with van der Waals surface area (Å²) in [6.07, 6.45) is -0.0766. The monoisotopic (exact) mass is 448 g/mol. The summed E-state index contributed by atoms with van der Waals surface area (Å²) in [4.78, 5) is 21.0. The van der Waals surface area contributed by atoms with Crippen molar-refractivity contribution in [3.05, 3.63) is 29.8 Å². The summed E-state index contributed by atoms with van der Waals surface area (Å²) in [5.74, 6) is -1.08. The zero-order valence-electron chi connectivity index (χ0n) is 18.7. The van der Waals surface area contributed by atoms with E-state index in [4.69, 9.17) is 25.9 Å². The van der Waals surface area contributed by atoms with Gasteiger partial charge >= 0.3 is 11.9 Å². The second-order valence-corrected chi connectivity index (χ2v) is 9.07. The van der Waals surface area contributed by atoms with Crippen molar-refractivity contribution in [1.29, 1.82) is 0 Å². The molecule has 0 aliphatic rings. The largest absolute Gasteiger partial charge is 0.480 e. The lowest BCUT2D eigenvalue weighted by Gasteiger charge is -2.16. The molecule has 0 amide bonds. The van der Waals surface area contributed by atoms with Crippen LogP contribution in [0.15, 0.2) is 29.2 Å². The molecule has 0 spiro atoms. The van der Waals surface area contributed by atoms with Crippen LogP contribution in [-0.2, 0) is 24.4 Å². The Balaban J connectivity index is 0. The molecule has 174 valence electrons. The zero-order valence-corrected chi connectivity index (χ0v) is 19.5. The van der Waals surface area contributed by atoms with Gasteiger partial charge in [-0.25, -0.2) is 0 Å². The smallest absolute Gasteiger partial charge is 0.323 e. The minimum atomic E-state index is -4.02. The van der Waals surface area contributed by atoms with Crippen molar-refractivity contribution in [2.75, 3.05) is 0 Å². The van der Waals surface area contributed by atoms with Gasteiger partial charge in [0.25, 0.3) is 10.1 Å².